The van der Waals surface area contributed by atoms with Gasteiger partial charge in [0.05, 0.1) is 17.5 Å². The zero-order chi connectivity index (χ0) is 49.4. The molecule has 1 saturated heterocycles. The molecule has 0 spiro atoms. The highest BCUT2D eigenvalue weighted by molar-refractivity contribution is 8.01. The Morgan fingerprint density at radius 1 is 0.845 bits per heavy atom. The van der Waals surface area contributed by atoms with E-state index in [0.29, 0.717) is 22.5 Å². The van der Waals surface area contributed by atoms with Gasteiger partial charge in [0.1, 0.15) is 23.0 Å². The van der Waals surface area contributed by atoms with E-state index in [1.165, 1.54) is 16.2 Å². The highest BCUT2D eigenvalue weighted by atomic mass is 32.2. The fraction of sp³-hybridized carbons (Fsp3) is 0.130. The number of benzene rings is 5. The van der Waals surface area contributed by atoms with Crippen LogP contribution < -0.4 is 20.9 Å². The fourth-order valence-electron chi connectivity index (χ4n) is 8.66. The van der Waals surface area contributed by atoms with E-state index in [2.05, 4.69) is 20.6 Å². The number of halogens is 2. The maximum absolute atomic E-state index is 15.3. The number of primary amides is 1. The molecule has 0 aliphatic carbocycles. The average molecular weight is 989 g/mol. The van der Waals surface area contributed by atoms with Gasteiger partial charge in [-0.3, -0.25) is 19.3 Å². The van der Waals surface area contributed by atoms with Crippen LogP contribution in [0.1, 0.15) is 56.4 Å². The Morgan fingerprint density at radius 2 is 1.41 bits per heavy atom. The Kier molecular flexibility index (Phi) is 14.2. The Balaban J connectivity index is 1.24. The molecule has 3 amide bonds. The van der Waals surface area contributed by atoms with Crippen molar-refractivity contribution in [1.29, 1.82) is 0 Å². The molecule has 0 bridgehead atoms. The molecule has 2 aromatic heterocycles. The van der Waals surface area contributed by atoms with Crippen molar-refractivity contribution in [2.24, 2.45) is 10.9 Å². The van der Waals surface area contributed by atoms with E-state index in [4.69, 9.17) is 15.5 Å². The number of ether oxygens (including phenoxy) is 1. The zero-order valence-corrected chi connectivity index (χ0v) is 39.2. The normalized spacial score (nSPS) is 16.8. The van der Waals surface area contributed by atoms with Gasteiger partial charge in [0.2, 0.25) is 5.91 Å². The lowest BCUT2D eigenvalue weighted by Gasteiger charge is -2.51. The lowest BCUT2D eigenvalue weighted by Crippen LogP contribution is -2.61. The van der Waals surface area contributed by atoms with E-state index >= 15 is 4.79 Å². The minimum atomic E-state index is -3.31. The quantitative estimate of drug-likeness (QED) is 0.0191. The maximum Gasteiger partial charge on any atom is 0.407 e. The van der Waals surface area contributed by atoms with Crippen LogP contribution in [-0.2, 0) is 40.9 Å². The van der Waals surface area contributed by atoms with Crippen molar-refractivity contribution in [2.75, 3.05) is 5.32 Å². The summed E-state index contributed by atoms with van der Waals surface area (Å²) in [6.45, 7) is -3.21. The second-order valence-corrected chi connectivity index (χ2v) is 18.5. The summed E-state index contributed by atoms with van der Waals surface area (Å²) in [6, 6.07) is 51.0. The molecule has 71 heavy (non-hydrogen) atoms. The number of anilines is 1. The van der Waals surface area contributed by atoms with Gasteiger partial charge in [-0.25, -0.2) is 14.3 Å². The van der Waals surface area contributed by atoms with Gasteiger partial charge >= 0.3 is 12.6 Å². The molecule has 1 unspecified atom stereocenters. The molecule has 5 aromatic carbocycles. The number of carbonyl (C=O) groups is 4. The van der Waals surface area contributed by atoms with Crippen molar-refractivity contribution in [3.63, 3.8) is 0 Å². The molecule has 4 N–H and O–H groups in total. The molecule has 2 aliphatic rings. The van der Waals surface area contributed by atoms with Gasteiger partial charge in [0.15, 0.2) is 35.0 Å². The van der Waals surface area contributed by atoms with Gasteiger partial charge in [0, 0.05) is 17.0 Å². The van der Waals surface area contributed by atoms with E-state index in [-0.39, 0.29) is 41.4 Å². The van der Waals surface area contributed by atoms with Crippen molar-refractivity contribution < 1.29 is 42.1 Å². The first-order valence-corrected chi connectivity index (χ1v) is 24.0. The molecule has 4 heterocycles. The van der Waals surface area contributed by atoms with Crippen LogP contribution in [0.4, 0.5) is 13.9 Å². The number of esters is 1. The highest BCUT2D eigenvalue weighted by Crippen LogP contribution is 2.55. The number of hydrogen-bond donors (Lipinski definition) is 3. The van der Waals surface area contributed by atoms with E-state index in [0.717, 1.165) is 28.5 Å². The number of nitrogens with zero attached hydrogens (tertiary/aromatic N) is 4. The molecular weight excluding hydrogens is 945 g/mol. The van der Waals surface area contributed by atoms with Crippen LogP contribution in [0.15, 0.2) is 210 Å². The predicted molar refractivity (Wildman–Crippen MR) is 265 cm³/mol. The summed E-state index contributed by atoms with van der Waals surface area (Å²) in [7, 11) is 0. The van der Waals surface area contributed by atoms with E-state index in [1.54, 1.807) is 46.6 Å². The number of carbonyl (C=O) groups excluding carboxylic acids is 4. The molecule has 2 aliphatic heterocycles. The number of alkyl halides is 2. The summed E-state index contributed by atoms with van der Waals surface area (Å²) in [5.41, 5.74) is 8.88. The van der Waals surface area contributed by atoms with E-state index < -0.39 is 46.3 Å². The molecule has 2 atom stereocenters. The second kappa shape index (κ2) is 21.2. The van der Waals surface area contributed by atoms with Gasteiger partial charge in [-0.15, -0.1) is 11.3 Å². The Hall–Kier alpha value is -8.28. The minimum absolute atomic E-state index is 0.0381. The number of thioether (sulfide) groups is 1. The summed E-state index contributed by atoms with van der Waals surface area (Å²) < 4.78 is 34.6. The number of β-lactam (4-membered cyclic amide) rings is 1. The van der Waals surface area contributed by atoms with Crippen molar-refractivity contribution >= 4 is 58.1 Å². The minimum Gasteiger partial charge on any atom is -0.448 e. The zero-order valence-electron chi connectivity index (χ0n) is 37.6. The van der Waals surface area contributed by atoms with Crippen LogP contribution in [-0.4, -0.2) is 51.8 Å². The number of fused-ring (bicyclic) bond motifs is 1. The van der Waals surface area contributed by atoms with Crippen LogP contribution in [0.2, 0.25) is 0 Å². The third-order valence-electron chi connectivity index (χ3n) is 11.8. The molecule has 13 nitrogen and oxygen atoms in total. The maximum atomic E-state index is 15.3. The summed E-state index contributed by atoms with van der Waals surface area (Å²) in [5, 5.41) is 11.3. The summed E-state index contributed by atoms with van der Waals surface area (Å²) >= 11 is 2.35. The number of nitrogens with two attached hydrogens (primary N) is 1. The van der Waals surface area contributed by atoms with Crippen molar-refractivity contribution in [2.45, 2.75) is 41.5 Å². The largest absolute Gasteiger partial charge is 0.448 e. The number of hydrogen-bond acceptors (Lipinski definition) is 11. The summed E-state index contributed by atoms with van der Waals surface area (Å²) in [5.74, 6) is -2.91. The SMILES string of the molecule is NC(=O)c1ccc[n+](C/C=C\C2=C(C(=O)OC(c3ccccc3)c3ccccc3)N3C(=O)C[C@@H]3SC2(NC(=O)C=NOC(F)F)c2csc(NC(c3ccccc3)(c3ccccc3)c3ccccc3)n2)c1. The average Bonchev–Trinajstić information content (AvgIpc) is 3.87. The van der Waals surface area contributed by atoms with Crippen molar-refractivity contribution in [1.82, 2.24) is 15.2 Å². The number of nitrogens with one attached hydrogen (secondary N) is 2. The Morgan fingerprint density at radius 3 is 1.94 bits per heavy atom. The fourth-order valence-corrected chi connectivity index (χ4v) is 11.2. The van der Waals surface area contributed by atoms with Gasteiger partial charge in [0.25, 0.3) is 11.8 Å². The van der Waals surface area contributed by atoms with E-state index in [1.807, 2.05) is 152 Å². The third kappa shape index (κ3) is 10.1. The Bertz CT molecular complexity index is 2990. The van der Waals surface area contributed by atoms with E-state index in [9.17, 15) is 23.2 Å². The van der Waals surface area contributed by atoms with Crippen LogP contribution in [0.5, 0.6) is 0 Å². The first-order chi connectivity index (χ1) is 34.6. The first-order valence-electron chi connectivity index (χ1n) is 22.3. The molecule has 0 saturated carbocycles. The standard InChI is InChI=1S/C54H43F2N7O6S2/c55-51(56)69-58-33-44(64)60-54(43-35-70-52(59-43)61-53(39-23-10-3-11-24-39,40-25-12-4-13-26-40)41-27-14-5-15-28-41)42(29-17-31-62-30-16-22-38(34-62)49(57)66)47(63-45(65)32-46(63)71-54)50(67)68-48(36-18-6-1-7-19-36)37-20-8-2-9-21-37/h1-30,33-35,46,48,51H,31-32H2,(H3-,57,59,60,61,64,66)/p+1/b29-17-,58-33?/t46-,54?/m0/s1. The Labute approximate surface area is 415 Å². The van der Waals surface area contributed by atoms with Gasteiger partial charge in [-0.2, -0.15) is 8.78 Å². The number of amides is 3. The number of aromatic nitrogens is 2. The summed E-state index contributed by atoms with van der Waals surface area (Å²) in [6.07, 6.45) is 6.10. The van der Waals surface area contributed by atoms with Crippen LogP contribution in [0, 0.1) is 0 Å². The van der Waals surface area contributed by atoms with Gasteiger partial charge in [-0.05, 0) is 40.0 Å². The van der Waals surface area contributed by atoms with Gasteiger partial charge in [-0.1, -0.05) is 175 Å². The molecule has 0 radical (unpaired) electrons. The molecular formula is C54H44F2N7O6S2+. The lowest BCUT2D eigenvalue weighted by atomic mass is 9.77. The number of allylic oxidation sites excluding steroid dienone is 1. The number of oxime groups is 1. The van der Waals surface area contributed by atoms with Crippen LogP contribution in [0.3, 0.4) is 0 Å². The van der Waals surface area contributed by atoms with Crippen molar-refractivity contribution in [3.05, 3.63) is 244 Å². The number of pyridine rings is 1. The summed E-state index contributed by atoms with van der Waals surface area (Å²) in [4.78, 5) is 64.3. The number of rotatable bonds is 18. The first kappa shape index (κ1) is 47.8. The highest BCUT2D eigenvalue weighted by Gasteiger charge is 2.57. The molecule has 7 aromatic rings. The molecule has 17 heteroatoms. The molecule has 9 rings (SSSR count). The van der Waals surface area contributed by atoms with Crippen LogP contribution >= 0.6 is 23.1 Å². The van der Waals surface area contributed by atoms with Crippen molar-refractivity contribution in [3.8, 4) is 0 Å². The molecule has 356 valence electrons. The predicted octanol–water partition coefficient (Wildman–Crippen LogP) is 8.58. The number of thiazole rings is 1. The lowest BCUT2D eigenvalue weighted by molar-refractivity contribution is -0.687. The third-order valence-corrected chi connectivity index (χ3v) is 14.1. The van der Waals surface area contributed by atoms with Gasteiger partial charge < -0.3 is 25.9 Å². The smallest absolute Gasteiger partial charge is 0.407 e. The van der Waals surface area contributed by atoms with Crippen LogP contribution in [0.25, 0.3) is 0 Å². The molecule has 1 fully saturated rings. The topological polar surface area (TPSA) is 169 Å². The second-order valence-electron chi connectivity index (χ2n) is 16.2. The monoisotopic (exact) mass is 988 g/mol.